The van der Waals surface area contributed by atoms with Gasteiger partial charge in [-0.2, -0.15) is 17.0 Å². The summed E-state index contributed by atoms with van der Waals surface area (Å²) in [6, 6.07) is 2.38. The highest BCUT2D eigenvalue weighted by atomic mass is 32.2. The fourth-order valence-electron chi connectivity index (χ4n) is 2.13. The number of carbonyl (C=O) groups is 1. The van der Waals surface area contributed by atoms with Crippen LogP contribution in [0.5, 0.6) is 0 Å². The van der Waals surface area contributed by atoms with Gasteiger partial charge in [0, 0.05) is 11.3 Å². The molecule has 1 fully saturated rings. The van der Waals surface area contributed by atoms with E-state index in [-0.39, 0.29) is 11.9 Å². The highest BCUT2D eigenvalue weighted by molar-refractivity contribution is 7.99. The molecule has 1 aliphatic rings. The molecule has 0 aliphatic heterocycles. The summed E-state index contributed by atoms with van der Waals surface area (Å²) >= 11 is 1.88. The molecule has 4 heteroatoms. The van der Waals surface area contributed by atoms with Crippen LogP contribution in [0.3, 0.4) is 0 Å². The van der Waals surface area contributed by atoms with E-state index in [0.29, 0.717) is 11.7 Å². The van der Waals surface area contributed by atoms with Crippen molar-refractivity contribution in [2.45, 2.75) is 57.2 Å². The first kappa shape index (κ1) is 14.4. The van der Waals surface area contributed by atoms with E-state index < -0.39 is 5.41 Å². The average Bonchev–Trinajstić information content (AvgIpc) is 2.37. The molecule has 3 unspecified atom stereocenters. The fraction of sp³-hybridized carbons (Fsp3) is 0.846. The van der Waals surface area contributed by atoms with Crippen molar-refractivity contribution in [1.82, 2.24) is 5.32 Å². The van der Waals surface area contributed by atoms with E-state index in [4.69, 9.17) is 5.26 Å². The SMILES string of the molecule is CCC(C)(C#N)C(=O)NC1CCCC(SC)C1. The van der Waals surface area contributed by atoms with Crippen LogP contribution >= 0.6 is 11.8 Å². The zero-order valence-corrected chi connectivity index (χ0v) is 11.8. The Morgan fingerprint density at radius 2 is 2.29 bits per heavy atom. The predicted molar refractivity (Wildman–Crippen MR) is 71.7 cm³/mol. The maximum atomic E-state index is 12.0. The number of nitriles is 1. The largest absolute Gasteiger partial charge is 0.352 e. The second-order valence-electron chi connectivity index (χ2n) is 4.99. The van der Waals surface area contributed by atoms with Crippen molar-refractivity contribution in [3.05, 3.63) is 0 Å². The molecule has 0 spiro atoms. The Morgan fingerprint density at radius 3 is 2.82 bits per heavy atom. The molecule has 0 aromatic heterocycles. The minimum atomic E-state index is -0.869. The van der Waals surface area contributed by atoms with Crippen LogP contribution in [0.2, 0.25) is 0 Å². The molecule has 1 N–H and O–H groups in total. The Kier molecular flexibility index (Phi) is 5.32. The van der Waals surface area contributed by atoms with E-state index >= 15 is 0 Å². The van der Waals surface area contributed by atoms with Crippen LogP contribution in [-0.2, 0) is 4.79 Å². The first-order valence-corrected chi connectivity index (χ1v) is 7.59. The molecule has 96 valence electrons. The highest BCUT2D eigenvalue weighted by Gasteiger charge is 2.33. The summed E-state index contributed by atoms with van der Waals surface area (Å²) in [5, 5.41) is 12.8. The van der Waals surface area contributed by atoms with Crippen molar-refractivity contribution in [2.24, 2.45) is 5.41 Å². The summed E-state index contributed by atoms with van der Waals surface area (Å²) in [4.78, 5) is 12.0. The fourth-order valence-corrected chi connectivity index (χ4v) is 2.95. The number of amides is 1. The Hall–Kier alpha value is -0.690. The summed E-state index contributed by atoms with van der Waals surface area (Å²) in [5.41, 5.74) is -0.869. The lowest BCUT2D eigenvalue weighted by atomic mass is 9.87. The van der Waals surface area contributed by atoms with Crippen LogP contribution in [0.4, 0.5) is 0 Å². The molecule has 0 aromatic rings. The summed E-state index contributed by atoms with van der Waals surface area (Å²) in [7, 11) is 0. The molecule has 0 aromatic carbocycles. The topological polar surface area (TPSA) is 52.9 Å². The van der Waals surface area contributed by atoms with Crippen molar-refractivity contribution in [1.29, 1.82) is 5.26 Å². The van der Waals surface area contributed by atoms with E-state index in [1.807, 2.05) is 18.7 Å². The van der Waals surface area contributed by atoms with Gasteiger partial charge in [0.15, 0.2) is 0 Å². The molecular weight excluding hydrogens is 232 g/mol. The Bertz CT molecular complexity index is 313. The van der Waals surface area contributed by atoms with Gasteiger partial charge in [-0.3, -0.25) is 4.79 Å². The zero-order valence-electron chi connectivity index (χ0n) is 11.0. The summed E-state index contributed by atoms with van der Waals surface area (Å²) in [6.07, 6.45) is 7.20. The van der Waals surface area contributed by atoms with Gasteiger partial charge in [0.25, 0.3) is 0 Å². The first-order valence-electron chi connectivity index (χ1n) is 6.30. The van der Waals surface area contributed by atoms with Gasteiger partial charge in [0.1, 0.15) is 5.41 Å². The Labute approximate surface area is 108 Å². The van der Waals surface area contributed by atoms with Crippen LogP contribution in [0.1, 0.15) is 46.0 Å². The van der Waals surface area contributed by atoms with Crippen LogP contribution < -0.4 is 5.32 Å². The lowest BCUT2D eigenvalue weighted by molar-refractivity contribution is -0.128. The van der Waals surface area contributed by atoms with Crippen LogP contribution in [0, 0.1) is 16.7 Å². The van der Waals surface area contributed by atoms with Gasteiger partial charge in [-0.1, -0.05) is 13.3 Å². The van der Waals surface area contributed by atoms with Gasteiger partial charge in [-0.25, -0.2) is 0 Å². The second-order valence-corrected chi connectivity index (χ2v) is 6.13. The molecule has 0 bridgehead atoms. The molecule has 1 rings (SSSR count). The minimum Gasteiger partial charge on any atom is -0.352 e. The van der Waals surface area contributed by atoms with E-state index in [0.717, 1.165) is 12.8 Å². The number of nitrogens with one attached hydrogen (secondary N) is 1. The summed E-state index contributed by atoms with van der Waals surface area (Å²) in [5.74, 6) is -0.103. The third-order valence-corrected chi connectivity index (χ3v) is 4.84. The molecule has 0 heterocycles. The van der Waals surface area contributed by atoms with Gasteiger partial charge in [0.2, 0.25) is 5.91 Å². The smallest absolute Gasteiger partial charge is 0.240 e. The maximum absolute atomic E-state index is 12.0. The molecule has 1 saturated carbocycles. The highest BCUT2D eigenvalue weighted by Crippen LogP contribution is 2.28. The number of nitrogens with zero attached hydrogens (tertiary/aromatic N) is 1. The molecule has 1 aliphatic carbocycles. The summed E-state index contributed by atoms with van der Waals surface area (Å²) < 4.78 is 0. The monoisotopic (exact) mass is 254 g/mol. The van der Waals surface area contributed by atoms with Gasteiger partial charge in [-0.15, -0.1) is 0 Å². The maximum Gasteiger partial charge on any atom is 0.240 e. The zero-order chi connectivity index (χ0) is 12.9. The van der Waals surface area contributed by atoms with Crippen LogP contribution in [0.15, 0.2) is 0 Å². The van der Waals surface area contributed by atoms with Crippen molar-refractivity contribution >= 4 is 17.7 Å². The molecule has 1 amide bonds. The second kappa shape index (κ2) is 6.30. The number of carbonyl (C=O) groups excluding carboxylic acids is 1. The van der Waals surface area contributed by atoms with Crippen molar-refractivity contribution in [2.75, 3.05) is 6.26 Å². The number of thioether (sulfide) groups is 1. The van der Waals surface area contributed by atoms with E-state index in [1.165, 1.54) is 12.8 Å². The molecule has 17 heavy (non-hydrogen) atoms. The van der Waals surface area contributed by atoms with Gasteiger partial charge in [-0.05, 0) is 38.9 Å². The van der Waals surface area contributed by atoms with Crippen LogP contribution in [-0.4, -0.2) is 23.5 Å². The Morgan fingerprint density at radius 1 is 1.59 bits per heavy atom. The van der Waals surface area contributed by atoms with Crippen molar-refractivity contribution < 1.29 is 4.79 Å². The molecule has 3 nitrogen and oxygen atoms in total. The molecule has 0 radical (unpaired) electrons. The number of hydrogen-bond acceptors (Lipinski definition) is 3. The standard InChI is InChI=1S/C13H22N2OS/c1-4-13(2,9-14)12(16)15-10-6-5-7-11(8-10)17-3/h10-11H,4-8H2,1-3H3,(H,15,16). The lowest BCUT2D eigenvalue weighted by Crippen LogP contribution is -2.45. The average molecular weight is 254 g/mol. The lowest BCUT2D eigenvalue weighted by Gasteiger charge is -2.30. The van der Waals surface area contributed by atoms with Gasteiger partial charge < -0.3 is 5.32 Å². The van der Waals surface area contributed by atoms with Gasteiger partial charge in [0.05, 0.1) is 6.07 Å². The quantitative estimate of drug-likeness (QED) is 0.839. The molecule has 3 atom stereocenters. The first-order chi connectivity index (χ1) is 8.05. The van der Waals surface area contributed by atoms with E-state index in [1.54, 1.807) is 6.92 Å². The minimum absolute atomic E-state index is 0.103. The number of hydrogen-bond donors (Lipinski definition) is 1. The third kappa shape index (κ3) is 3.64. The molecule has 0 saturated heterocycles. The Balaban J connectivity index is 2.54. The third-order valence-electron chi connectivity index (χ3n) is 3.75. The molecular formula is C13H22N2OS. The van der Waals surface area contributed by atoms with E-state index in [9.17, 15) is 4.79 Å². The van der Waals surface area contributed by atoms with Gasteiger partial charge >= 0.3 is 0 Å². The van der Waals surface area contributed by atoms with E-state index in [2.05, 4.69) is 17.6 Å². The summed E-state index contributed by atoms with van der Waals surface area (Å²) in [6.45, 7) is 3.60. The predicted octanol–water partition coefficient (Wildman–Crippen LogP) is 2.72. The normalized spacial score (nSPS) is 27.9. The van der Waals surface area contributed by atoms with Crippen LogP contribution in [0.25, 0.3) is 0 Å². The van der Waals surface area contributed by atoms with Crippen molar-refractivity contribution in [3.8, 4) is 6.07 Å². The van der Waals surface area contributed by atoms with Crippen molar-refractivity contribution in [3.63, 3.8) is 0 Å². The number of rotatable bonds is 4.